The average Bonchev–Trinajstić information content (AvgIpc) is 3.24. The van der Waals surface area contributed by atoms with Crippen LogP contribution in [0.5, 0.6) is 5.75 Å². The number of anilines is 2. The number of thiophene rings is 1. The van der Waals surface area contributed by atoms with Crippen molar-refractivity contribution in [2.45, 2.75) is 43.3 Å². The van der Waals surface area contributed by atoms with Crippen LogP contribution in [0.1, 0.15) is 30.2 Å². The van der Waals surface area contributed by atoms with Gasteiger partial charge in [0, 0.05) is 25.2 Å². The van der Waals surface area contributed by atoms with Crippen LogP contribution in [0.3, 0.4) is 0 Å². The summed E-state index contributed by atoms with van der Waals surface area (Å²) in [6.45, 7) is 3.85. The molecule has 4 rings (SSSR count). The van der Waals surface area contributed by atoms with Crippen LogP contribution in [0.2, 0.25) is 0 Å². The zero-order chi connectivity index (χ0) is 28.9. The van der Waals surface area contributed by atoms with Crippen LogP contribution in [0.4, 0.5) is 28.9 Å². The van der Waals surface area contributed by atoms with Gasteiger partial charge in [-0.2, -0.15) is 13.2 Å². The van der Waals surface area contributed by atoms with E-state index in [0.29, 0.717) is 10.3 Å². The Morgan fingerprint density at radius 2 is 1.93 bits per heavy atom. The van der Waals surface area contributed by atoms with Crippen molar-refractivity contribution in [2.24, 2.45) is 5.14 Å². The van der Waals surface area contributed by atoms with Gasteiger partial charge >= 0.3 is 6.18 Å². The summed E-state index contributed by atoms with van der Waals surface area (Å²) >= 11 is 1.22. The molecular weight excluding hydrogens is 568 g/mol. The van der Waals surface area contributed by atoms with Gasteiger partial charge in [0.1, 0.15) is 5.75 Å². The highest BCUT2D eigenvalue weighted by Gasteiger charge is 2.31. The number of benzene rings is 2. The fourth-order valence-electron chi connectivity index (χ4n) is 4.64. The summed E-state index contributed by atoms with van der Waals surface area (Å²) in [5.41, 5.74) is 1.19. The molecule has 0 unspecified atom stereocenters. The maximum absolute atomic E-state index is 13.5. The number of piperidine rings is 1. The molecule has 1 aliphatic heterocycles. The van der Waals surface area contributed by atoms with Crippen molar-refractivity contribution in [1.29, 1.82) is 0 Å². The average molecular weight is 599 g/mol. The van der Waals surface area contributed by atoms with Crippen LogP contribution in [-0.4, -0.2) is 58.6 Å². The van der Waals surface area contributed by atoms with E-state index in [-0.39, 0.29) is 34.5 Å². The van der Waals surface area contributed by atoms with E-state index in [1.165, 1.54) is 23.5 Å². The van der Waals surface area contributed by atoms with Gasteiger partial charge in [-0.05, 0) is 48.5 Å². The molecule has 2 heterocycles. The molecule has 0 radical (unpaired) electrons. The third kappa shape index (κ3) is 7.57. The molecule has 1 saturated heterocycles. The summed E-state index contributed by atoms with van der Waals surface area (Å²) in [7, 11) is -4.03. The van der Waals surface area contributed by atoms with Crippen molar-refractivity contribution in [1.82, 2.24) is 4.90 Å². The van der Waals surface area contributed by atoms with E-state index in [1.54, 1.807) is 12.1 Å². The molecule has 216 valence electrons. The van der Waals surface area contributed by atoms with E-state index in [4.69, 9.17) is 9.88 Å². The lowest BCUT2D eigenvalue weighted by Crippen LogP contribution is -2.38. The molecule has 40 heavy (non-hydrogen) atoms. The summed E-state index contributed by atoms with van der Waals surface area (Å²) in [6.07, 6.45) is -3.61. The maximum atomic E-state index is 13.5. The van der Waals surface area contributed by atoms with Crippen LogP contribution >= 0.6 is 11.3 Å². The maximum Gasteiger partial charge on any atom is 0.393 e. The molecule has 0 saturated carbocycles. The molecule has 7 nitrogen and oxygen atoms in total. The minimum absolute atomic E-state index is 0.0157. The number of fused-ring (bicyclic) bond motifs is 1. The number of likely N-dealkylation sites (tertiary alicyclic amines) is 1. The number of hydrogen-bond donors (Lipinski definition) is 3. The highest BCUT2D eigenvalue weighted by atomic mass is 32.2. The first-order chi connectivity index (χ1) is 19.0. The second kappa shape index (κ2) is 12.6. The van der Waals surface area contributed by atoms with Crippen molar-refractivity contribution in [2.75, 3.05) is 43.7 Å². The Kier molecular flexibility index (Phi) is 9.45. The molecule has 4 N–H and O–H groups in total. The zero-order valence-corrected chi connectivity index (χ0v) is 23.4. The van der Waals surface area contributed by atoms with Gasteiger partial charge in [0.25, 0.3) is 0 Å². The van der Waals surface area contributed by atoms with Gasteiger partial charge in [-0.3, -0.25) is 0 Å². The van der Waals surface area contributed by atoms with Gasteiger partial charge in [0.15, 0.2) is 0 Å². The second-order valence-electron chi connectivity index (χ2n) is 9.35. The number of sulfonamides is 1. The van der Waals surface area contributed by atoms with E-state index in [0.717, 1.165) is 48.9 Å². The van der Waals surface area contributed by atoms with Crippen molar-refractivity contribution >= 4 is 42.8 Å². The van der Waals surface area contributed by atoms with Crippen LogP contribution in [0.25, 0.3) is 10.1 Å². The van der Waals surface area contributed by atoms with Crippen molar-refractivity contribution in [3.05, 3.63) is 46.8 Å². The highest BCUT2D eigenvalue weighted by Crippen LogP contribution is 2.39. The van der Waals surface area contributed by atoms with E-state index in [9.17, 15) is 26.0 Å². The molecule has 1 fully saturated rings. The number of alkyl halides is 4. The molecule has 0 atom stereocenters. The third-order valence-corrected chi connectivity index (χ3v) is 8.76. The molecule has 0 bridgehead atoms. The largest absolute Gasteiger partial charge is 0.461 e. The summed E-state index contributed by atoms with van der Waals surface area (Å²) in [4.78, 5) is 2.43. The Bertz CT molecular complexity index is 1510. The van der Waals surface area contributed by atoms with Crippen molar-refractivity contribution in [3.8, 4) is 17.6 Å². The van der Waals surface area contributed by atoms with E-state index in [1.807, 2.05) is 6.07 Å². The summed E-state index contributed by atoms with van der Waals surface area (Å²) in [5, 5.41) is 12.1. The predicted molar refractivity (Wildman–Crippen MR) is 150 cm³/mol. The van der Waals surface area contributed by atoms with Gasteiger partial charge < -0.3 is 20.3 Å². The number of primary sulfonamides is 1. The van der Waals surface area contributed by atoms with Crippen molar-refractivity contribution < 1.29 is 30.7 Å². The lowest BCUT2D eigenvalue weighted by molar-refractivity contribution is -0.126. The normalized spacial score (nSPS) is 15.1. The Morgan fingerprint density at radius 3 is 2.58 bits per heavy atom. The predicted octanol–water partition coefficient (Wildman–Crippen LogP) is 5.32. The van der Waals surface area contributed by atoms with Crippen LogP contribution in [0, 0.1) is 11.8 Å². The molecular formula is C27H30F4N4O3S2. The number of nitrogens with two attached hydrogens (primary N) is 1. The number of nitrogens with one attached hydrogen (secondary N) is 2. The van der Waals surface area contributed by atoms with Crippen molar-refractivity contribution in [3.63, 3.8) is 0 Å². The zero-order valence-electron chi connectivity index (χ0n) is 21.8. The van der Waals surface area contributed by atoms with Crippen LogP contribution < -0.4 is 20.5 Å². The number of ether oxygens (including phenoxy) is 1. The Hall–Kier alpha value is -3.05. The SMILES string of the molecule is CCN1CCC(Nc2cccc3c(CC(F)(F)F)c(C#CCNc4ccc(S(N)(=O)=O)cc4OCF)sc23)CC1. The summed E-state index contributed by atoms with van der Waals surface area (Å²) in [5.74, 6) is 5.61. The van der Waals surface area contributed by atoms with Gasteiger partial charge in [-0.15, -0.1) is 11.3 Å². The Labute approximate surface area is 234 Å². The van der Waals surface area contributed by atoms with E-state index in [2.05, 4.69) is 34.3 Å². The number of rotatable bonds is 9. The molecule has 13 heteroatoms. The number of hydrogen-bond acceptors (Lipinski definition) is 7. The topological polar surface area (TPSA) is 96.7 Å². The van der Waals surface area contributed by atoms with Gasteiger partial charge in [-0.25, -0.2) is 17.9 Å². The van der Waals surface area contributed by atoms with Crippen LogP contribution in [-0.2, 0) is 16.4 Å². The minimum atomic E-state index is -4.41. The number of halogens is 4. The van der Waals surface area contributed by atoms with Gasteiger partial charge in [-0.1, -0.05) is 30.9 Å². The second-order valence-corrected chi connectivity index (χ2v) is 11.9. The first kappa shape index (κ1) is 29.9. The standard InChI is InChI=1S/C27H30F4N4O3S2/c1-2-35-13-10-18(11-14-35)34-23-6-3-5-20-21(16-27(29,30)31)25(39-26(20)23)7-4-12-33-22-9-8-19(40(32,36)37)15-24(22)38-17-28/h3,5-6,8-9,15,18,33-34H,2,10-14,16-17H2,1H3,(H2,32,36,37). The smallest absolute Gasteiger partial charge is 0.393 e. The third-order valence-electron chi connectivity index (χ3n) is 6.65. The van der Waals surface area contributed by atoms with Gasteiger partial charge in [0.2, 0.25) is 16.9 Å². The van der Waals surface area contributed by atoms with E-state index >= 15 is 0 Å². The fraction of sp³-hybridized carbons (Fsp3) is 0.407. The fourth-order valence-corrected chi connectivity index (χ4v) is 6.34. The number of nitrogens with zero attached hydrogens (tertiary/aromatic N) is 1. The summed E-state index contributed by atoms with van der Waals surface area (Å²) < 4.78 is 82.2. The lowest BCUT2D eigenvalue weighted by atomic mass is 10.0. The molecule has 0 amide bonds. The molecule has 0 spiro atoms. The molecule has 1 aliphatic rings. The minimum Gasteiger partial charge on any atom is -0.461 e. The Morgan fingerprint density at radius 1 is 1.18 bits per heavy atom. The summed E-state index contributed by atoms with van der Waals surface area (Å²) in [6, 6.07) is 9.23. The van der Waals surface area contributed by atoms with E-state index < -0.39 is 29.5 Å². The van der Waals surface area contributed by atoms with Crippen LogP contribution in [0.15, 0.2) is 41.3 Å². The lowest BCUT2D eigenvalue weighted by Gasteiger charge is -2.32. The monoisotopic (exact) mass is 598 g/mol. The molecule has 0 aliphatic carbocycles. The highest BCUT2D eigenvalue weighted by molar-refractivity contribution is 7.89. The molecule has 1 aromatic heterocycles. The van der Waals surface area contributed by atoms with Gasteiger partial charge in [0.05, 0.1) is 38.8 Å². The molecule has 3 aromatic rings. The first-order valence-corrected chi connectivity index (χ1v) is 15.0. The quantitative estimate of drug-likeness (QED) is 0.228. The molecule has 2 aromatic carbocycles. The first-order valence-electron chi connectivity index (χ1n) is 12.7. The Balaban J connectivity index is 1.58.